The second-order valence-electron chi connectivity index (χ2n) is 6.75. The summed E-state index contributed by atoms with van der Waals surface area (Å²) in [6.07, 6.45) is 3.91. The largest absolute Gasteiger partial charge is 0.348 e. The van der Waals surface area contributed by atoms with E-state index in [9.17, 15) is 4.79 Å². The lowest BCUT2D eigenvalue weighted by Crippen LogP contribution is -2.37. The fourth-order valence-corrected chi connectivity index (χ4v) is 4.04. The number of halogens is 1. The van der Waals surface area contributed by atoms with E-state index in [1.165, 1.54) is 36.9 Å². The number of rotatable bonds is 5. The minimum atomic E-state index is -0.00820. The van der Waals surface area contributed by atoms with Crippen LogP contribution in [0.25, 0.3) is 0 Å². The van der Waals surface area contributed by atoms with Crippen LogP contribution in [0.5, 0.6) is 0 Å². The van der Waals surface area contributed by atoms with Gasteiger partial charge in [-0.2, -0.15) is 0 Å². The number of nitrogens with zero attached hydrogens (tertiary/aromatic N) is 1. The molecular formula is C21H25IN2O. The molecule has 1 unspecified atom stereocenters. The van der Waals surface area contributed by atoms with Crippen molar-refractivity contribution in [1.29, 1.82) is 0 Å². The number of nitrogens with one attached hydrogen (secondary N) is 1. The third-order valence-electron chi connectivity index (χ3n) is 4.99. The van der Waals surface area contributed by atoms with E-state index in [0.29, 0.717) is 12.6 Å². The molecule has 1 atom stereocenters. The Morgan fingerprint density at radius 2 is 1.84 bits per heavy atom. The molecule has 1 saturated heterocycles. The van der Waals surface area contributed by atoms with Gasteiger partial charge in [-0.05, 0) is 72.2 Å². The monoisotopic (exact) mass is 448 g/mol. The Kier molecular flexibility index (Phi) is 6.48. The van der Waals surface area contributed by atoms with Gasteiger partial charge in [0, 0.05) is 22.7 Å². The van der Waals surface area contributed by atoms with Gasteiger partial charge in [-0.3, -0.25) is 9.69 Å². The van der Waals surface area contributed by atoms with Gasteiger partial charge >= 0.3 is 0 Å². The van der Waals surface area contributed by atoms with Crippen molar-refractivity contribution in [3.05, 3.63) is 68.8 Å². The van der Waals surface area contributed by atoms with Gasteiger partial charge in [0.05, 0.1) is 5.56 Å². The maximum Gasteiger partial charge on any atom is 0.252 e. The van der Waals surface area contributed by atoms with Gasteiger partial charge in [-0.15, -0.1) is 0 Å². The van der Waals surface area contributed by atoms with Gasteiger partial charge in [0.1, 0.15) is 0 Å². The van der Waals surface area contributed by atoms with Gasteiger partial charge in [0.15, 0.2) is 0 Å². The molecule has 0 radical (unpaired) electrons. The molecular weight excluding hydrogens is 423 g/mol. The topological polar surface area (TPSA) is 32.3 Å². The molecule has 0 aromatic heterocycles. The van der Waals surface area contributed by atoms with Crippen molar-refractivity contribution in [2.75, 3.05) is 6.54 Å². The Hall–Kier alpha value is -1.40. The van der Waals surface area contributed by atoms with E-state index in [4.69, 9.17) is 0 Å². The maximum absolute atomic E-state index is 12.5. The van der Waals surface area contributed by atoms with Crippen LogP contribution in [-0.4, -0.2) is 23.4 Å². The van der Waals surface area contributed by atoms with E-state index >= 15 is 0 Å². The van der Waals surface area contributed by atoms with E-state index < -0.39 is 0 Å². The molecule has 0 saturated carbocycles. The molecule has 3 nitrogen and oxygen atoms in total. The first-order valence-electron chi connectivity index (χ1n) is 8.98. The van der Waals surface area contributed by atoms with Gasteiger partial charge in [0.2, 0.25) is 0 Å². The number of carbonyl (C=O) groups excluding carboxylic acids is 1. The summed E-state index contributed by atoms with van der Waals surface area (Å²) in [7, 11) is 0. The first-order chi connectivity index (χ1) is 12.1. The quantitative estimate of drug-likeness (QED) is 0.679. The fraction of sp³-hybridized carbons (Fsp3) is 0.381. The fourth-order valence-electron chi connectivity index (χ4n) is 3.41. The highest BCUT2D eigenvalue weighted by atomic mass is 127. The second kappa shape index (κ2) is 8.81. The zero-order chi connectivity index (χ0) is 17.6. The van der Waals surface area contributed by atoms with Crippen molar-refractivity contribution >= 4 is 28.5 Å². The average molecular weight is 448 g/mol. The first-order valence-corrected chi connectivity index (χ1v) is 10.1. The Bertz CT molecular complexity index is 731. The van der Waals surface area contributed by atoms with Crippen molar-refractivity contribution < 1.29 is 4.79 Å². The first kappa shape index (κ1) is 18.4. The van der Waals surface area contributed by atoms with Crippen LogP contribution < -0.4 is 5.32 Å². The van der Waals surface area contributed by atoms with Crippen molar-refractivity contribution in [1.82, 2.24) is 10.2 Å². The summed E-state index contributed by atoms with van der Waals surface area (Å²) < 4.78 is 0.980. The molecule has 4 heteroatoms. The Morgan fingerprint density at radius 1 is 1.12 bits per heavy atom. The molecule has 1 aliphatic heterocycles. The Labute approximate surface area is 164 Å². The second-order valence-corrected chi connectivity index (χ2v) is 7.91. The molecule has 2 aromatic carbocycles. The summed E-state index contributed by atoms with van der Waals surface area (Å²) in [5.41, 5.74) is 3.27. The number of hydrogen-bond donors (Lipinski definition) is 1. The number of amides is 1. The molecule has 132 valence electrons. The molecule has 1 N–H and O–H groups in total. The zero-order valence-electron chi connectivity index (χ0n) is 14.7. The van der Waals surface area contributed by atoms with E-state index in [2.05, 4.69) is 64.0 Å². The molecule has 25 heavy (non-hydrogen) atoms. The van der Waals surface area contributed by atoms with E-state index in [0.717, 1.165) is 15.7 Å². The minimum absolute atomic E-state index is 0.00820. The van der Waals surface area contributed by atoms with Gasteiger partial charge in [-0.1, -0.05) is 42.8 Å². The normalized spacial score (nSPS) is 18.1. The van der Waals surface area contributed by atoms with Crippen LogP contribution in [0.3, 0.4) is 0 Å². The molecule has 3 rings (SSSR count). The minimum Gasteiger partial charge on any atom is -0.348 e. The summed E-state index contributed by atoms with van der Waals surface area (Å²) in [4.78, 5) is 15.0. The summed E-state index contributed by atoms with van der Waals surface area (Å²) in [5.74, 6) is -0.00820. The molecule has 1 aliphatic rings. The van der Waals surface area contributed by atoms with Crippen molar-refractivity contribution in [2.45, 2.75) is 45.3 Å². The highest BCUT2D eigenvalue weighted by molar-refractivity contribution is 14.1. The summed E-state index contributed by atoms with van der Waals surface area (Å²) >= 11 is 2.21. The molecule has 0 aliphatic carbocycles. The Balaban J connectivity index is 1.67. The lowest BCUT2D eigenvalue weighted by atomic mass is 10.0. The molecule has 2 aromatic rings. The number of carbonyl (C=O) groups is 1. The zero-order valence-corrected chi connectivity index (χ0v) is 16.8. The third-order valence-corrected chi connectivity index (χ3v) is 5.93. The van der Waals surface area contributed by atoms with Crippen LogP contribution in [0.2, 0.25) is 0 Å². The SMILES string of the molecule is CC1CCCCN1Cc1ccccc1CNC(=O)c1ccccc1I. The predicted molar refractivity (Wildman–Crippen MR) is 110 cm³/mol. The number of hydrogen-bond acceptors (Lipinski definition) is 2. The Morgan fingerprint density at radius 3 is 2.60 bits per heavy atom. The lowest BCUT2D eigenvalue weighted by molar-refractivity contribution is 0.0949. The van der Waals surface area contributed by atoms with Crippen LogP contribution >= 0.6 is 22.6 Å². The van der Waals surface area contributed by atoms with E-state index in [1.54, 1.807) is 0 Å². The lowest BCUT2D eigenvalue weighted by Gasteiger charge is -2.33. The summed E-state index contributed by atoms with van der Waals surface area (Å²) in [5, 5.41) is 3.08. The van der Waals surface area contributed by atoms with Crippen LogP contribution in [0.15, 0.2) is 48.5 Å². The molecule has 1 fully saturated rings. The van der Waals surface area contributed by atoms with Crippen LogP contribution in [-0.2, 0) is 13.1 Å². The van der Waals surface area contributed by atoms with E-state index in [-0.39, 0.29) is 5.91 Å². The third kappa shape index (κ3) is 4.82. The predicted octanol–water partition coefficient (Wildman–Crippen LogP) is 4.60. The van der Waals surface area contributed by atoms with Crippen molar-refractivity contribution in [3.63, 3.8) is 0 Å². The number of likely N-dealkylation sites (tertiary alicyclic amines) is 1. The smallest absolute Gasteiger partial charge is 0.252 e. The van der Waals surface area contributed by atoms with E-state index in [1.807, 2.05) is 24.3 Å². The highest BCUT2D eigenvalue weighted by Gasteiger charge is 2.19. The maximum atomic E-state index is 12.5. The van der Waals surface area contributed by atoms with Gasteiger partial charge in [0.25, 0.3) is 5.91 Å². The van der Waals surface area contributed by atoms with Crippen molar-refractivity contribution in [2.24, 2.45) is 0 Å². The standard InChI is InChI=1S/C21H25IN2O/c1-16-8-6-7-13-24(16)15-18-10-3-2-9-17(18)14-23-21(25)19-11-4-5-12-20(19)22/h2-5,9-12,16H,6-8,13-15H2,1H3,(H,23,25). The van der Waals surface area contributed by atoms with Crippen molar-refractivity contribution in [3.8, 4) is 0 Å². The van der Waals surface area contributed by atoms with Crippen LogP contribution in [0.1, 0.15) is 47.7 Å². The summed E-state index contributed by atoms with van der Waals surface area (Å²) in [6.45, 7) is 5.03. The van der Waals surface area contributed by atoms with Crippen LogP contribution in [0, 0.1) is 3.57 Å². The molecule has 1 heterocycles. The van der Waals surface area contributed by atoms with Gasteiger partial charge < -0.3 is 5.32 Å². The van der Waals surface area contributed by atoms with Gasteiger partial charge in [-0.25, -0.2) is 0 Å². The number of piperidine rings is 1. The van der Waals surface area contributed by atoms with Crippen LogP contribution in [0.4, 0.5) is 0 Å². The highest BCUT2D eigenvalue weighted by Crippen LogP contribution is 2.21. The summed E-state index contributed by atoms with van der Waals surface area (Å²) in [6, 6.07) is 16.8. The molecule has 0 bridgehead atoms. The molecule has 1 amide bonds. The average Bonchev–Trinajstić information content (AvgIpc) is 2.63. The molecule has 0 spiro atoms. The number of benzene rings is 2.